The summed E-state index contributed by atoms with van der Waals surface area (Å²) in [6.07, 6.45) is 0. The average Bonchev–Trinajstić information content (AvgIpc) is 2.68. The minimum Gasteiger partial charge on any atom is -0.497 e. The van der Waals surface area contributed by atoms with E-state index in [-0.39, 0.29) is 30.6 Å². The van der Waals surface area contributed by atoms with E-state index in [1.165, 1.54) is 18.2 Å². The van der Waals surface area contributed by atoms with Gasteiger partial charge in [0, 0.05) is 23.5 Å². The molecule has 0 saturated heterocycles. The molecule has 2 amide bonds. The summed E-state index contributed by atoms with van der Waals surface area (Å²) in [5, 5.41) is 16.2. The number of rotatable bonds is 9. The summed E-state index contributed by atoms with van der Waals surface area (Å²) < 4.78 is 5.07. The summed E-state index contributed by atoms with van der Waals surface area (Å²) in [4.78, 5) is 35.5. The molecule has 0 fully saturated rings. The first-order valence-electron chi connectivity index (χ1n) is 8.73. The zero-order valence-electron chi connectivity index (χ0n) is 15.7. The highest BCUT2D eigenvalue weighted by Crippen LogP contribution is 2.16. The Morgan fingerprint density at radius 2 is 1.64 bits per heavy atom. The molecular formula is C19H23N4O5+. The molecule has 0 saturated carbocycles. The van der Waals surface area contributed by atoms with Gasteiger partial charge < -0.3 is 20.3 Å². The van der Waals surface area contributed by atoms with Crippen LogP contribution in [0.25, 0.3) is 0 Å². The highest BCUT2D eigenvalue weighted by Gasteiger charge is 2.17. The van der Waals surface area contributed by atoms with Gasteiger partial charge in [-0.2, -0.15) is 0 Å². The molecule has 2 rings (SSSR count). The van der Waals surface area contributed by atoms with Gasteiger partial charge in [-0.1, -0.05) is 6.07 Å². The number of methoxy groups -OCH3 is 1. The third-order valence-electron chi connectivity index (χ3n) is 4.04. The Morgan fingerprint density at radius 1 is 1.04 bits per heavy atom. The number of carbonyl (C=O) groups excluding carboxylic acids is 2. The minimum absolute atomic E-state index is 0.0647. The quantitative estimate of drug-likeness (QED) is 0.440. The van der Waals surface area contributed by atoms with Crippen molar-refractivity contribution in [3.05, 3.63) is 58.6 Å². The number of nitro groups is 1. The van der Waals surface area contributed by atoms with Crippen molar-refractivity contribution in [3.8, 4) is 5.75 Å². The second-order valence-electron chi connectivity index (χ2n) is 6.09. The summed E-state index contributed by atoms with van der Waals surface area (Å²) in [6.45, 7) is 2.62. The molecule has 9 heteroatoms. The minimum atomic E-state index is -0.525. The number of nitro benzene ring substituents is 1. The van der Waals surface area contributed by atoms with Crippen LogP contribution >= 0.6 is 0 Å². The van der Waals surface area contributed by atoms with Crippen LogP contribution in [0.4, 0.5) is 17.1 Å². The highest BCUT2D eigenvalue weighted by atomic mass is 16.6. The number of carbonyl (C=O) groups is 2. The van der Waals surface area contributed by atoms with Crippen molar-refractivity contribution in [2.75, 3.05) is 37.4 Å². The fourth-order valence-corrected chi connectivity index (χ4v) is 2.55. The predicted molar refractivity (Wildman–Crippen MR) is 105 cm³/mol. The summed E-state index contributed by atoms with van der Waals surface area (Å²) in [6, 6.07) is 12.7. The number of amides is 2. The number of nitrogens with zero attached hydrogens (tertiary/aromatic N) is 1. The molecule has 2 aromatic carbocycles. The van der Waals surface area contributed by atoms with Crippen molar-refractivity contribution in [2.45, 2.75) is 6.92 Å². The third-order valence-corrected chi connectivity index (χ3v) is 4.04. The number of nitrogens with one attached hydrogen (secondary N) is 3. The molecule has 0 heterocycles. The average molecular weight is 387 g/mol. The summed E-state index contributed by atoms with van der Waals surface area (Å²) in [7, 11) is 1.56. The molecule has 0 aliphatic carbocycles. The Balaban J connectivity index is 1.88. The van der Waals surface area contributed by atoms with Crippen molar-refractivity contribution >= 4 is 28.9 Å². The molecule has 148 valence electrons. The molecule has 0 aliphatic heterocycles. The number of quaternary nitrogens is 1. The van der Waals surface area contributed by atoms with Gasteiger partial charge in [0.15, 0.2) is 13.1 Å². The number of likely N-dealkylation sites (N-methyl/N-ethyl adjacent to an activating group) is 1. The van der Waals surface area contributed by atoms with Crippen LogP contribution in [0, 0.1) is 10.1 Å². The van der Waals surface area contributed by atoms with Crippen LogP contribution in [-0.4, -0.2) is 43.5 Å². The van der Waals surface area contributed by atoms with Gasteiger partial charge >= 0.3 is 0 Å². The van der Waals surface area contributed by atoms with Gasteiger partial charge in [-0.15, -0.1) is 0 Å². The first-order valence-corrected chi connectivity index (χ1v) is 8.73. The molecule has 0 bridgehead atoms. The second kappa shape index (κ2) is 10.0. The molecule has 0 spiro atoms. The number of anilines is 2. The maximum atomic E-state index is 12.2. The topological polar surface area (TPSA) is 115 Å². The van der Waals surface area contributed by atoms with E-state index in [9.17, 15) is 19.7 Å². The Labute approximate surface area is 162 Å². The van der Waals surface area contributed by atoms with E-state index in [1.807, 2.05) is 6.92 Å². The van der Waals surface area contributed by atoms with E-state index >= 15 is 0 Å². The maximum Gasteiger partial charge on any atom is 0.279 e. The lowest BCUT2D eigenvalue weighted by Gasteiger charge is -2.17. The Morgan fingerprint density at radius 3 is 2.18 bits per heavy atom. The number of non-ortho nitro benzene ring substituents is 1. The number of ether oxygens (including phenoxy) is 1. The standard InChI is InChI=1S/C19H22N4O5/c1-3-22(12-18(24)20-14-7-9-17(28-2)10-8-14)13-19(25)21-15-5-4-6-16(11-15)23(26)27/h4-11H,3,12-13H2,1-2H3,(H,20,24)(H,21,25)/p+1. The molecule has 0 aliphatic rings. The molecule has 0 aromatic heterocycles. The SMILES string of the molecule is CC[NH+](CC(=O)Nc1ccc(OC)cc1)CC(=O)Nc1cccc([N+](=O)[O-])c1. The second-order valence-corrected chi connectivity index (χ2v) is 6.09. The van der Waals surface area contributed by atoms with Crippen molar-refractivity contribution in [1.82, 2.24) is 0 Å². The van der Waals surface area contributed by atoms with Crippen molar-refractivity contribution in [1.29, 1.82) is 0 Å². The fraction of sp³-hybridized carbons (Fsp3) is 0.263. The predicted octanol–water partition coefficient (Wildman–Crippen LogP) is 1.09. The monoisotopic (exact) mass is 387 g/mol. The lowest BCUT2D eigenvalue weighted by molar-refractivity contribution is -0.881. The van der Waals surface area contributed by atoms with Gasteiger partial charge in [0.1, 0.15) is 5.75 Å². The molecule has 3 N–H and O–H groups in total. The van der Waals surface area contributed by atoms with Crippen LogP contribution in [0.15, 0.2) is 48.5 Å². The number of hydrogen-bond donors (Lipinski definition) is 3. The molecule has 1 atom stereocenters. The van der Waals surface area contributed by atoms with Gasteiger partial charge in [-0.3, -0.25) is 19.7 Å². The van der Waals surface area contributed by atoms with Gasteiger partial charge in [0.25, 0.3) is 17.5 Å². The van der Waals surface area contributed by atoms with E-state index in [4.69, 9.17) is 4.74 Å². The van der Waals surface area contributed by atoms with Crippen molar-refractivity contribution in [2.24, 2.45) is 0 Å². The van der Waals surface area contributed by atoms with E-state index in [2.05, 4.69) is 10.6 Å². The van der Waals surface area contributed by atoms with Crippen LogP contribution in [0.5, 0.6) is 5.75 Å². The molecular weight excluding hydrogens is 364 g/mol. The smallest absolute Gasteiger partial charge is 0.279 e. The van der Waals surface area contributed by atoms with E-state index in [1.54, 1.807) is 37.4 Å². The van der Waals surface area contributed by atoms with Crippen LogP contribution < -0.4 is 20.3 Å². The molecule has 1 unspecified atom stereocenters. The van der Waals surface area contributed by atoms with Crippen LogP contribution in [0.1, 0.15) is 6.92 Å². The zero-order valence-corrected chi connectivity index (χ0v) is 15.7. The lowest BCUT2D eigenvalue weighted by Crippen LogP contribution is -3.13. The van der Waals surface area contributed by atoms with Gasteiger partial charge in [0.2, 0.25) is 0 Å². The zero-order chi connectivity index (χ0) is 20.5. The molecule has 9 nitrogen and oxygen atoms in total. The maximum absolute atomic E-state index is 12.2. The van der Waals surface area contributed by atoms with Gasteiger partial charge in [-0.05, 0) is 37.3 Å². The van der Waals surface area contributed by atoms with Crippen molar-refractivity contribution < 1.29 is 24.1 Å². The van der Waals surface area contributed by atoms with E-state index in [0.717, 1.165) is 4.90 Å². The van der Waals surface area contributed by atoms with Gasteiger partial charge in [-0.25, -0.2) is 0 Å². The van der Waals surface area contributed by atoms with Crippen molar-refractivity contribution in [3.63, 3.8) is 0 Å². The Bertz CT molecular complexity index is 838. The summed E-state index contributed by atoms with van der Waals surface area (Å²) in [5.41, 5.74) is 0.885. The highest BCUT2D eigenvalue weighted by molar-refractivity contribution is 5.93. The normalized spacial score (nSPS) is 11.4. The number of hydrogen-bond acceptors (Lipinski definition) is 5. The molecule has 2 aromatic rings. The molecule has 28 heavy (non-hydrogen) atoms. The first-order chi connectivity index (χ1) is 13.4. The van der Waals surface area contributed by atoms with E-state index < -0.39 is 4.92 Å². The fourth-order valence-electron chi connectivity index (χ4n) is 2.55. The first kappa shape index (κ1) is 20.8. The van der Waals surface area contributed by atoms with Gasteiger partial charge in [0.05, 0.1) is 18.6 Å². The number of benzene rings is 2. The van der Waals surface area contributed by atoms with Crippen LogP contribution in [0.3, 0.4) is 0 Å². The summed E-state index contributed by atoms with van der Waals surface area (Å²) >= 11 is 0. The largest absolute Gasteiger partial charge is 0.497 e. The summed E-state index contributed by atoms with van der Waals surface area (Å²) in [5.74, 6) is 0.149. The molecule has 0 radical (unpaired) electrons. The third kappa shape index (κ3) is 6.36. The lowest BCUT2D eigenvalue weighted by atomic mass is 10.3. The van der Waals surface area contributed by atoms with Crippen LogP contribution in [0.2, 0.25) is 0 Å². The van der Waals surface area contributed by atoms with E-state index in [0.29, 0.717) is 23.7 Å². The Kier molecular flexibility index (Phi) is 7.46. The Hall–Kier alpha value is -3.46. The van der Waals surface area contributed by atoms with Crippen LogP contribution in [-0.2, 0) is 9.59 Å².